The molecule has 0 aliphatic heterocycles. The molecule has 7 heteroatoms. The molecule has 0 unspecified atom stereocenters. The first-order chi connectivity index (χ1) is 10.2. The maximum atomic E-state index is 12.5. The molecule has 0 bridgehead atoms. The highest BCUT2D eigenvalue weighted by atomic mass is 79.9. The quantitative estimate of drug-likeness (QED) is 0.661. The van der Waals surface area contributed by atoms with Crippen LogP contribution in [0.3, 0.4) is 0 Å². The summed E-state index contributed by atoms with van der Waals surface area (Å²) in [6, 6.07) is 2.22. The minimum absolute atomic E-state index is 0.0514. The number of rotatable bonds is 4. The Balaban J connectivity index is 2.08. The number of fused-ring (bicyclic) bond motifs is 1. The van der Waals surface area contributed by atoms with E-state index in [0.717, 1.165) is 35.7 Å². The number of halogens is 2. The Kier molecular flexibility index (Phi) is 4.57. The maximum absolute atomic E-state index is 12.5. The van der Waals surface area contributed by atoms with Crippen LogP contribution in [0.15, 0.2) is 12.3 Å². The number of aromatic nitrogens is 3. The number of primary amides is 1. The first kappa shape index (κ1) is 14.9. The Hall–Kier alpha value is -0.980. The van der Waals surface area contributed by atoms with E-state index in [1.165, 1.54) is 12.8 Å². The van der Waals surface area contributed by atoms with Gasteiger partial charge in [0.15, 0.2) is 0 Å². The van der Waals surface area contributed by atoms with Gasteiger partial charge in [0, 0.05) is 17.6 Å². The van der Waals surface area contributed by atoms with Crippen molar-refractivity contribution in [3.05, 3.63) is 23.2 Å². The number of nitrogens with zero attached hydrogens (tertiary/aromatic N) is 3. The fourth-order valence-corrected chi connectivity index (χ4v) is 3.36. The van der Waals surface area contributed by atoms with Crippen LogP contribution in [0.4, 0.5) is 0 Å². The molecule has 0 aromatic carbocycles. The van der Waals surface area contributed by atoms with Gasteiger partial charge in [-0.1, -0.05) is 28.8 Å². The van der Waals surface area contributed by atoms with E-state index in [9.17, 15) is 4.79 Å². The lowest BCUT2D eigenvalue weighted by molar-refractivity contribution is -0.550. The molecule has 5 nitrogen and oxygen atoms in total. The zero-order valence-corrected chi connectivity index (χ0v) is 13.9. The summed E-state index contributed by atoms with van der Waals surface area (Å²) >= 11 is 9.28. The zero-order valence-electron chi connectivity index (χ0n) is 11.6. The van der Waals surface area contributed by atoms with Gasteiger partial charge in [-0.3, -0.25) is 5.32 Å². The van der Waals surface area contributed by atoms with Crippen molar-refractivity contribution in [2.75, 3.05) is 11.9 Å². The summed E-state index contributed by atoms with van der Waals surface area (Å²) < 4.78 is 2.07. The molecular weight excluding hydrogens is 356 g/mol. The minimum Gasteiger partial charge on any atom is -0.315 e. The van der Waals surface area contributed by atoms with Crippen molar-refractivity contribution < 1.29 is 10.1 Å². The Labute approximate surface area is 136 Å². The highest BCUT2D eigenvalue weighted by Crippen LogP contribution is 2.34. The first-order valence-electron chi connectivity index (χ1n) is 7.17. The van der Waals surface area contributed by atoms with Gasteiger partial charge in [-0.05, 0) is 30.5 Å². The van der Waals surface area contributed by atoms with Crippen molar-refractivity contribution in [2.24, 2.45) is 0 Å². The average Bonchev–Trinajstić information content (AvgIpc) is 3.10. The van der Waals surface area contributed by atoms with E-state index in [1.54, 1.807) is 11.5 Å². The first-order valence-corrected chi connectivity index (χ1v) is 8.67. The molecule has 1 aliphatic rings. The molecule has 1 amide bonds. The van der Waals surface area contributed by atoms with Crippen LogP contribution in [0.2, 0.25) is 5.28 Å². The number of hydrogen-bond donors (Lipinski definition) is 1. The molecule has 2 aromatic rings. The van der Waals surface area contributed by atoms with E-state index in [2.05, 4.69) is 30.5 Å². The molecule has 0 atom stereocenters. The zero-order chi connectivity index (χ0) is 14.8. The van der Waals surface area contributed by atoms with Gasteiger partial charge in [0.05, 0.1) is 11.9 Å². The monoisotopic (exact) mass is 371 g/mol. The molecule has 1 fully saturated rings. The number of alkyl halides is 1. The molecule has 0 radical (unpaired) electrons. The summed E-state index contributed by atoms with van der Waals surface area (Å²) in [5.74, 6) is 0.0514. The Morgan fingerprint density at radius 3 is 2.95 bits per heavy atom. The summed E-state index contributed by atoms with van der Waals surface area (Å²) in [7, 11) is 0. The largest absolute Gasteiger partial charge is 0.359 e. The molecule has 3 rings (SSSR count). The van der Waals surface area contributed by atoms with E-state index in [0.29, 0.717) is 11.7 Å². The molecule has 0 saturated heterocycles. The van der Waals surface area contributed by atoms with Crippen LogP contribution in [0.25, 0.3) is 11.0 Å². The lowest BCUT2D eigenvalue weighted by atomic mass is 10.2. The van der Waals surface area contributed by atoms with Crippen molar-refractivity contribution in [1.82, 2.24) is 14.5 Å². The molecule has 1 saturated carbocycles. The van der Waals surface area contributed by atoms with Crippen molar-refractivity contribution in [1.29, 1.82) is 0 Å². The van der Waals surface area contributed by atoms with Gasteiger partial charge in [-0.15, -0.1) is 0 Å². The average molecular weight is 373 g/mol. The molecule has 112 valence electrons. The lowest BCUT2D eigenvalue weighted by Gasteiger charge is -2.15. The maximum Gasteiger partial charge on any atom is 0.359 e. The number of nitrogens with two attached hydrogens (primary N) is 1. The van der Waals surface area contributed by atoms with Gasteiger partial charge in [0.25, 0.3) is 0 Å². The summed E-state index contributed by atoms with van der Waals surface area (Å²) in [6.45, 7) is 0.720. The van der Waals surface area contributed by atoms with Gasteiger partial charge in [0.2, 0.25) is 5.28 Å². The second kappa shape index (κ2) is 6.42. The van der Waals surface area contributed by atoms with E-state index >= 15 is 0 Å². The van der Waals surface area contributed by atoms with Crippen molar-refractivity contribution in [3.8, 4) is 0 Å². The van der Waals surface area contributed by atoms with Crippen LogP contribution in [0.1, 0.15) is 42.2 Å². The highest BCUT2D eigenvalue weighted by Gasteiger charge is 2.27. The van der Waals surface area contributed by atoms with Gasteiger partial charge in [-0.25, -0.2) is 9.78 Å². The van der Waals surface area contributed by atoms with Crippen molar-refractivity contribution in [3.63, 3.8) is 0 Å². The number of quaternary nitrogens is 1. The van der Waals surface area contributed by atoms with E-state index in [-0.39, 0.29) is 11.2 Å². The predicted octanol–water partition coefficient (Wildman–Crippen LogP) is 2.30. The van der Waals surface area contributed by atoms with Gasteiger partial charge in [0.1, 0.15) is 11.3 Å². The molecular formula is C14H17BrClN4O+. The smallest absolute Gasteiger partial charge is 0.315 e. The summed E-state index contributed by atoms with van der Waals surface area (Å²) in [6.07, 6.45) is 6.26. The van der Waals surface area contributed by atoms with Gasteiger partial charge in [-0.2, -0.15) is 4.98 Å². The standard InChI is InChI=1S/C14H16BrClN4O/c15-5-6-17-13(21)11-7-9-8-18-14(16)19-12(9)20(11)10-3-1-2-4-10/h7-8,10H,1-6H2,(H,17,21)/p+1. The van der Waals surface area contributed by atoms with Crippen LogP contribution in [-0.2, 0) is 0 Å². The highest BCUT2D eigenvalue weighted by molar-refractivity contribution is 9.09. The summed E-state index contributed by atoms with van der Waals surface area (Å²) in [5, 5.41) is 3.61. The predicted molar refractivity (Wildman–Crippen MR) is 85.0 cm³/mol. The fraction of sp³-hybridized carbons (Fsp3) is 0.500. The Morgan fingerprint density at radius 2 is 2.24 bits per heavy atom. The van der Waals surface area contributed by atoms with Gasteiger partial charge < -0.3 is 4.57 Å². The third-order valence-corrected chi connectivity index (χ3v) is 4.57. The van der Waals surface area contributed by atoms with E-state index < -0.39 is 0 Å². The second-order valence-electron chi connectivity index (χ2n) is 5.30. The molecule has 1 aliphatic carbocycles. The Bertz CT molecular complexity index is 666. The Morgan fingerprint density at radius 1 is 1.48 bits per heavy atom. The summed E-state index contributed by atoms with van der Waals surface area (Å²) in [5.41, 5.74) is 1.48. The molecule has 0 spiro atoms. The summed E-state index contributed by atoms with van der Waals surface area (Å²) in [4.78, 5) is 20.8. The van der Waals surface area contributed by atoms with Crippen LogP contribution < -0.4 is 5.32 Å². The topological polar surface area (TPSA) is 64.4 Å². The number of amides is 1. The van der Waals surface area contributed by atoms with Crippen LogP contribution in [0.5, 0.6) is 0 Å². The van der Waals surface area contributed by atoms with Crippen molar-refractivity contribution in [2.45, 2.75) is 31.7 Å². The van der Waals surface area contributed by atoms with Crippen LogP contribution in [0, 0.1) is 0 Å². The van der Waals surface area contributed by atoms with Crippen LogP contribution >= 0.6 is 27.5 Å². The van der Waals surface area contributed by atoms with E-state index in [1.807, 2.05) is 6.07 Å². The third-order valence-electron chi connectivity index (χ3n) is 3.93. The van der Waals surface area contributed by atoms with Gasteiger partial charge >= 0.3 is 5.91 Å². The number of hydrogen-bond acceptors (Lipinski definition) is 3. The fourth-order valence-electron chi connectivity index (χ4n) is 3.00. The normalized spacial score (nSPS) is 15.9. The van der Waals surface area contributed by atoms with Crippen molar-refractivity contribution >= 4 is 44.5 Å². The third kappa shape index (κ3) is 2.98. The number of carbonyl (C=O) groups excluding carboxylic acids is 1. The molecule has 2 N–H and O–H groups in total. The van der Waals surface area contributed by atoms with Crippen LogP contribution in [-0.4, -0.2) is 32.3 Å². The van der Waals surface area contributed by atoms with E-state index in [4.69, 9.17) is 11.6 Å². The minimum atomic E-state index is 0.0514. The molecule has 2 aromatic heterocycles. The number of carbonyl (C=O) groups is 1. The molecule has 2 heterocycles. The SMILES string of the molecule is O=C([NH2+]CCBr)c1cc2cnc(Cl)nc2n1C1CCCC1. The lowest BCUT2D eigenvalue weighted by Crippen LogP contribution is -2.88. The second-order valence-corrected chi connectivity index (χ2v) is 6.43. The molecule has 21 heavy (non-hydrogen) atoms.